The highest BCUT2D eigenvalue weighted by Crippen LogP contribution is 2.61. The van der Waals surface area contributed by atoms with Crippen LogP contribution in [0.15, 0.2) is 121 Å². The lowest BCUT2D eigenvalue weighted by Crippen LogP contribution is -2.35. The quantitative estimate of drug-likeness (QED) is 0.173. The minimum absolute atomic E-state index is 0.102. The van der Waals surface area contributed by atoms with Gasteiger partial charge in [0.25, 0.3) is 0 Å². The average molecular weight is 661 g/mol. The van der Waals surface area contributed by atoms with Gasteiger partial charge in [0.05, 0.1) is 5.41 Å². The van der Waals surface area contributed by atoms with Gasteiger partial charge in [-0.1, -0.05) is 175 Å². The Morgan fingerprint density at radius 2 is 1.25 bits per heavy atom. The van der Waals surface area contributed by atoms with Crippen LogP contribution in [0.5, 0.6) is 0 Å². The zero-order chi connectivity index (χ0) is 35.1. The van der Waals surface area contributed by atoms with E-state index >= 15 is 0 Å². The Hall–Kier alpha value is -4.94. The number of benzene rings is 6. The molecule has 9 rings (SSSR count). The summed E-state index contributed by atoms with van der Waals surface area (Å²) in [7, 11) is 0. The normalized spacial score (nSPS) is 19.4. The zero-order valence-corrected chi connectivity index (χ0v) is 31.0. The van der Waals surface area contributed by atoms with Crippen molar-refractivity contribution in [1.29, 1.82) is 0 Å². The second kappa shape index (κ2) is 11.5. The van der Waals surface area contributed by atoms with Crippen molar-refractivity contribution in [3.8, 4) is 11.1 Å². The van der Waals surface area contributed by atoms with Crippen LogP contribution in [0.4, 0.5) is 0 Å². The van der Waals surface area contributed by atoms with E-state index in [0.717, 1.165) is 19.3 Å². The zero-order valence-electron chi connectivity index (χ0n) is 31.0. The fourth-order valence-electron chi connectivity index (χ4n) is 9.35. The van der Waals surface area contributed by atoms with E-state index < -0.39 is 0 Å². The Morgan fingerprint density at radius 1 is 0.569 bits per heavy atom. The fraction of sp³-hybridized carbons (Fsp3) is 0.255. The minimum Gasteiger partial charge on any atom is -0.0801 e. The van der Waals surface area contributed by atoms with Crippen LogP contribution < -0.4 is 0 Å². The molecule has 0 aliphatic heterocycles. The lowest BCUT2D eigenvalue weighted by Gasteiger charge is -2.39. The third-order valence-electron chi connectivity index (χ3n) is 12.1. The van der Waals surface area contributed by atoms with E-state index in [2.05, 4.69) is 181 Å². The molecule has 0 heterocycles. The van der Waals surface area contributed by atoms with Gasteiger partial charge in [0, 0.05) is 0 Å². The molecule has 252 valence electrons. The van der Waals surface area contributed by atoms with Crippen LogP contribution in [-0.4, -0.2) is 0 Å². The summed E-state index contributed by atoms with van der Waals surface area (Å²) in [5.74, 6) is 0.249. The molecule has 51 heavy (non-hydrogen) atoms. The van der Waals surface area contributed by atoms with E-state index in [1.54, 1.807) is 0 Å². The van der Waals surface area contributed by atoms with Crippen molar-refractivity contribution >= 4 is 39.8 Å². The first-order valence-electron chi connectivity index (χ1n) is 18.9. The largest absolute Gasteiger partial charge is 0.0801 e. The molecule has 0 radical (unpaired) electrons. The van der Waals surface area contributed by atoms with Gasteiger partial charge >= 0.3 is 0 Å². The van der Waals surface area contributed by atoms with Crippen LogP contribution in [0.2, 0.25) is 0 Å². The Balaban J connectivity index is 1.36. The molecular formula is C51H48. The lowest BCUT2D eigenvalue weighted by atomic mass is 9.62. The highest BCUT2D eigenvalue weighted by molar-refractivity contribution is 6.06. The molecule has 0 N–H and O–H groups in total. The Labute approximate surface area is 304 Å². The van der Waals surface area contributed by atoms with E-state index in [1.165, 1.54) is 82.7 Å². The Kier molecular flexibility index (Phi) is 7.24. The molecule has 0 fully saturated rings. The summed E-state index contributed by atoms with van der Waals surface area (Å²) in [6, 6.07) is 40.5. The maximum absolute atomic E-state index is 2.58. The molecule has 2 unspecified atom stereocenters. The summed E-state index contributed by atoms with van der Waals surface area (Å²) in [6.45, 7) is 13.9. The van der Waals surface area contributed by atoms with E-state index in [9.17, 15) is 0 Å². The number of hydrogen-bond acceptors (Lipinski definition) is 0. The SMILES string of the molecule is CC(C)(C)c1ccc2c(c1)C=CC(C1(c3ccc4cc(C(C)(C)C)ccc4c3)c3ccc4c(c3-c3c1ccc1ccccc31)C=CCC=C4)CC2. The van der Waals surface area contributed by atoms with E-state index in [4.69, 9.17) is 0 Å². The van der Waals surface area contributed by atoms with E-state index in [0.29, 0.717) is 0 Å². The standard InChI is InChI=1S/C51H48/c1-49(2,3)40-25-17-33-16-23-39(24-18-36(33)30-40)51(42-27-20-37-31-41(50(4,5)6)26-19-38(37)32-42)45-28-21-34-12-8-7-9-14-43(34)47(45)48-44-15-11-10-13-35(44)22-29-46(48)51/h8-15,17-22,24-32,39H,7,16,23H2,1-6H3. The van der Waals surface area contributed by atoms with Crippen molar-refractivity contribution in [2.75, 3.05) is 0 Å². The van der Waals surface area contributed by atoms with Gasteiger partial charge in [0.15, 0.2) is 0 Å². The van der Waals surface area contributed by atoms with Crippen molar-refractivity contribution < 1.29 is 0 Å². The van der Waals surface area contributed by atoms with Gasteiger partial charge in [0.1, 0.15) is 0 Å². The first-order valence-corrected chi connectivity index (χ1v) is 18.9. The van der Waals surface area contributed by atoms with Gasteiger partial charge in [-0.2, -0.15) is 0 Å². The number of allylic oxidation sites excluding steroid dienone is 3. The van der Waals surface area contributed by atoms with E-state index in [1.807, 2.05) is 0 Å². The molecule has 6 aromatic carbocycles. The van der Waals surface area contributed by atoms with Crippen LogP contribution in [0.25, 0.3) is 50.9 Å². The van der Waals surface area contributed by atoms with Gasteiger partial charge < -0.3 is 0 Å². The third-order valence-corrected chi connectivity index (χ3v) is 12.1. The first-order chi connectivity index (χ1) is 24.5. The minimum atomic E-state index is -0.365. The molecular weight excluding hydrogens is 613 g/mol. The number of aryl methyl sites for hydroxylation is 1. The summed E-state index contributed by atoms with van der Waals surface area (Å²) in [4.78, 5) is 0. The molecule has 0 saturated heterocycles. The summed E-state index contributed by atoms with van der Waals surface area (Å²) in [5.41, 5.74) is 15.2. The van der Waals surface area contributed by atoms with Crippen LogP contribution >= 0.6 is 0 Å². The number of rotatable bonds is 2. The van der Waals surface area contributed by atoms with Crippen molar-refractivity contribution in [1.82, 2.24) is 0 Å². The second-order valence-corrected chi connectivity index (χ2v) is 17.2. The highest BCUT2D eigenvalue weighted by Gasteiger charge is 2.50. The maximum Gasteiger partial charge on any atom is 0.0526 e. The third kappa shape index (κ3) is 5.02. The number of fused-ring (bicyclic) bond motifs is 9. The molecule has 0 aromatic heterocycles. The van der Waals surface area contributed by atoms with Crippen LogP contribution in [0, 0.1) is 5.92 Å². The summed E-state index contributed by atoms with van der Waals surface area (Å²) < 4.78 is 0. The van der Waals surface area contributed by atoms with Crippen LogP contribution in [0.3, 0.4) is 0 Å². The molecule has 3 aliphatic carbocycles. The van der Waals surface area contributed by atoms with Gasteiger partial charge in [-0.25, -0.2) is 0 Å². The molecule has 3 aliphatic rings. The number of hydrogen-bond donors (Lipinski definition) is 0. The summed E-state index contributed by atoms with van der Waals surface area (Å²) in [5, 5.41) is 5.27. The predicted octanol–water partition coefficient (Wildman–Crippen LogP) is 13.6. The Morgan fingerprint density at radius 3 is 2.10 bits per heavy atom. The molecule has 0 saturated carbocycles. The van der Waals surface area contributed by atoms with E-state index in [-0.39, 0.29) is 22.2 Å². The van der Waals surface area contributed by atoms with Crippen molar-refractivity contribution in [3.63, 3.8) is 0 Å². The molecule has 0 amide bonds. The summed E-state index contributed by atoms with van der Waals surface area (Å²) in [6.07, 6.45) is 17.5. The van der Waals surface area contributed by atoms with Gasteiger partial charge in [-0.05, 0) is 125 Å². The van der Waals surface area contributed by atoms with Crippen molar-refractivity contribution in [3.05, 3.63) is 171 Å². The maximum atomic E-state index is 2.58. The van der Waals surface area contributed by atoms with Crippen LogP contribution in [0.1, 0.15) is 104 Å². The predicted molar refractivity (Wildman–Crippen MR) is 221 cm³/mol. The first kappa shape index (κ1) is 32.0. The molecule has 0 nitrogen and oxygen atoms in total. The smallest absolute Gasteiger partial charge is 0.0526 e. The van der Waals surface area contributed by atoms with Gasteiger partial charge in [-0.15, -0.1) is 0 Å². The molecule has 2 atom stereocenters. The summed E-state index contributed by atoms with van der Waals surface area (Å²) >= 11 is 0. The van der Waals surface area contributed by atoms with Crippen LogP contribution in [-0.2, 0) is 22.7 Å². The average Bonchev–Trinajstić information content (AvgIpc) is 3.29. The molecule has 0 bridgehead atoms. The fourth-order valence-corrected chi connectivity index (χ4v) is 9.35. The molecule has 0 spiro atoms. The van der Waals surface area contributed by atoms with Crippen molar-refractivity contribution in [2.24, 2.45) is 5.92 Å². The van der Waals surface area contributed by atoms with Crippen molar-refractivity contribution in [2.45, 2.75) is 77.0 Å². The second-order valence-electron chi connectivity index (χ2n) is 17.2. The monoisotopic (exact) mass is 660 g/mol. The topological polar surface area (TPSA) is 0 Å². The molecule has 0 heteroatoms. The van der Waals surface area contributed by atoms with Gasteiger partial charge in [-0.3, -0.25) is 0 Å². The Bertz CT molecular complexity index is 2470. The molecule has 6 aromatic rings. The lowest BCUT2D eigenvalue weighted by molar-refractivity contribution is 0.431. The van der Waals surface area contributed by atoms with Gasteiger partial charge in [0.2, 0.25) is 0 Å². The highest BCUT2D eigenvalue weighted by atomic mass is 14.5.